The van der Waals surface area contributed by atoms with Crippen molar-refractivity contribution in [1.82, 2.24) is 9.62 Å². The highest BCUT2D eigenvalue weighted by atomic mass is 32.2. The highest BCUT2D eigenvalue weighted by molar-refractivity contribution is 7.89. The molecule has 224 valence electrons. The minimum atomic E-state index is -3.95. The molecule has 3 aromatic carbocycles. The molecule has 2 N–H and O–H groups in total. The number of amides is 2. The highest BCUT2D eigenvalue weighted by Gasteiger charge is 2.39. The molecular formula is C31H36FN3O6S. The second kappa shape index (κ2) is 13.5. The predicted molar refractivity (Wildman–Crippen MR) is 157 cm³/mol. The largest absolute Gasteiger partial charge is 0.434 e. The van der Waals surface area contributed by atoms with Crippen molar-refractivity contribution in [3.05, 3.63) is 95.8 Å². The number of aliphatic hydroxyl groups excluding tert-OH is 1. The van der Waals surface area contributed by atoms with Crippen LogP contribution in [0.25, 0.3) is 0 Å². The number of anilines is 1. The second-order valence-electron chi connectivity index (χ2n) is 10.9. The fourth-order valence-corrected chi connectivity index (χ4v) is 6.35. The smallest absolute Gasteiger partial charge is 0.415 e. The molecule has 4 rings (SSSR count). The van der Waals surface area contributed by atoms with Crippen LogP contribution in [0.2, 0.25) is 0 Å². The monoisotopic (exact) mass is 597 g/mol. The highest BCUT2D eigenvalue weighted by Crippen LogP contribution is 2.23. The zero-order valence-electron chi connectivity index (χ0n) is 23.8. The van der Waals surface area contributed by atoms with Crippen LogP contribution < -0.4 is 10.2 Å². The van der Waals surface area contributed by atoms with E-state index in [1.807, 2.05) is 51.1 Å². The zero-order chi connectivity index (χ0) is 30.4. The van der Waals surface area contributed by atoms with E-state index < -0.39 is 46.1 Å². The molecule has 1 saturated heterocycles. The van der Waals surface area contributed by atoms with Gasteiger partial charge < -0.3 is 15.2 Å². The third-order valence-electron chi connectivity index (χ3n) is 6.95. The number of cyclic esters (lactones) is 1. The predicted octanol–water partition coefficient (Wildman–Crippen LogP) is 3.89. The number of aryl methyl sites for hydroxylation is 1. The van der Waals surface area contributed by atoms with Crippen molar-refractivity contribution in [3.63, 3.8) is 0 Å². The van der Waals surface area contributed by atoms with Gasteiger partial charge in [-0.25, -0.2) is 17.6 Å². The molecule has 1 aliphatic rings. The molecule has 3 atom stereocenters. The summed E-state index contributed by atoms with van der Waals surface area (Å²) in [5, 5.41) is 14.2. The fraction of sp³-hybridized carbons (Fsp3) is 0.355. The van der Waals surface area contributed by atoms with Crippen molar-refractivity contribution in [2.45, 2.75) is 50.3 Å². The summed E-state index contributed by atoms with van der Waals surface area (Å²) in [6.45, 7) is 5.42. The van der Waals surface area contributed by atoms with E-state index in [9.17, 15) is 27.5 Å². The Morgan fingerprint density at radius 3 is 2.31 bits per heavy atom. The Kier molecular flexibility index (Phi) is 9.97. The third-order valence-corrected chi connectivity index (χ3v) is 8.80. The average Bonchev–Trinajstić information content (AvgIpc) is 3.35. The molecule has 1 fully saturated rings. The number of halogens is 1. The van der Waals surface area contributed by atoms with Gasteiger partial charge in [0.05, 0.1) is 23.6 Å². The number of benzene rings is 3. The van der Waals surface area contributed by atoms with Crippen molar-refractivity contribution in [2.24, 2.45) is 5.92 Å². The van der Waals surface area contributed by atoms with E-state index in [-0.39, 0.29) is 36.9 Å². The number of rotatable bonds is 12. The maximum absolute atomic E-state index is 13.6. The van der Waals surface area contributed by atoms with Crippen LogP contribution in [0.1, 0.15) is 25.0 Å². The molecule has 3 aromatic rings. The molecular weight excluding hydrogens is 561 g/mol. The van der Waals surface area contributed by atoms with E-state index in [0.717, 1.165) is 11.1 Å². The molecule has 2 amide bonds. The van der Waals surface area contributed by atoms with Gasteiger partial charge in [0, 0.05) is 18.8 Å². The molecule has 0 radical (unpaired) electrons. The van der Waals surface area contributed by atoms with Gasteiger partial charge in [0.2, 0.25) is 10.0 Å². The van der Waals surface area contributed by atoms with Crippen LogP contribution in [-0.2, 0) is 26.0 Å². The number of nitrogens with one attached hydrogen (secondary N) is 1. The van der Waals surface area contributed by atoms with Crippen LogP contribution in [0.3, 0.4) is 0 Å². The van der Waals surface area contributed by atoms with E-state index >= 15 is 0 Å². The van der Waals surface area contributed by atoms with Crippen molar-refractivity contribution in [1.29, 1.82) is 0 Å². The van der Waals surface area contributed by atoms with Gasteiger partial charge in [0.1, 0.15) is 5.82 Å². The average molecular weight is 598 g/mol. The van der Waals surface area contributed by atoms with Crippen molar-refractivity contribution in [2.75, 3.05) is 24.5 Å². The van der Waals surface area contributed by atoms with Gasteiger partial charge in [-0.05, 0) is 61.2 Å². The standard InChI is InChI=1S/C31H36FN3O6S/c1-21(2)18-34(42(39,40)26-15-9-22(3)10-16-26)19-28(36)27(17-23-7-5-4-6-8-23)33-30(37)29-20-35(31(38)41-29)25-13-11-24(32)12-14-25/h4-16,21,27-29,36H,17-20H2,1-3H3,(H,33,37)/t27-,28+,29-/m0/s1. The van der Waals surface area contributed by atoms with Crippen LogP contribution >= 0.6 is 0 Å². The summed E-state index contributed by atoms with van der Waals surface area (Å²) in [6.07, 6.45) is -3.03. The van der Waals surface area contributed by atoms with E-state index in [1.54, 1.807) is 12.1 Å². The lowest BCUT2D eigenvalue weighted by atomic mass is 10.0. The number of carbonyl (C=O) groups is 2. The summed E-state index contributed by atoms with van der Waals surface area (Å²) in [5.41, 5.74) is 2.11. The first-order chi connectivity index (χ1) is 19.9. The summed E-state index contributed by atoms with van der Waals surface area (Å²) in [6, 6.07) is 20.0. The topological polar surface area (TPSA) is 116 Å². The summed E-state index contributed by atoms with van der Waals surface area (Å²) in [5.74, 6) is -1.13. The molecule has 1 heterocycles. The molecule has 0 aliphatic carbocycles. The number of sulfonamides is 1. The van der Waals surface area contributed by atoms with Gasteiger partial charge in [0.15, 0.2) is 6.10 Å². The van der Waals surface area contributed by atoms with Gasteiger partial charge in [-0.1, -0.05) is 61.9 Å². The van der Waals surface area contributed by atoms with Gasteiger partial charge >= 0.3 is 6.09 Å². The summed E-state index contributed by atoms with van der Waals surface area (Å²) in [4.78, 5) is 27.2. The van der Waals surface area contributed by atoms with Gasteiger partial charge in [-0.15, -0.1) is 0 Å². The van der Waals surface area contributed by atoms with E-state index in [2.05, 4.69) is 5.32 Å². The van der Waals surface area contributed by atoms with Gasteiger partial charge in [-0.3, -0.25) is 9.69 Å². The number of carbonyl (C=O) groups excluding carboxylic acids is 2. The molecule has 11 heteroatoms. The zero-order valence-corrected chi connectivity index (χ0v) is 24.6. The van der Waals surface area contributed by atoms with Crippen LogP contribution in [0.15, 0.2) is 83.8 Å². The lowest BCUT2D eigenvalue weighted by Gasteiger charge is -2.31. The minimum Gasteiger partial charge on any atom is -0.434 e. The number of aliphatic hydroxyl groups is 1. The minimum absolute atomic E-state index is 0.0325. The van der Waals surface area contributed by atoms with Gasteiger partial charge in [0.25, 0.3) is 5.91 Å². The number of nitrogens with zero attached hydrogens (tertiary/aromatic N) is 2. The van der Waals surface area contributed by atoms with E-state index in [0.29, 0.717) is 5.69 Å². The lowest BCUT2D eigenvalue weighted by Crippen LogP contribution is -2.53. The Balaban J connectivity index is 1.54. The van der Waals surface area contributed by atoms with E-state index in [4.69, 9.17) is 4.74 Å². The molecule has 1 aliphatic heterocycles. The number of ether oxygens (including phenoxy) is 1. The fourth-order valence-electron chi connectivity index (χ4n) is 4.73. The lowest BCUT2D eigenvalue weighted by molar-refractivity contribution is -0.129. The summed E-state index contributed by atoms with van der Waals surface area (Å²) < 4.78 is 47.1. The Morgan fingerprint density at radius 1 is 1.05 bits per heavy atom. The van der Waals surface area contributed by atoms with Crippen LogP contribution in [0, 0.1) is 18.7 Å². The molecule has 9 nitrogen and oxygen atoms in total. The molecule has 42 heavy (non-hydrogen) atoms. The number of hydrogen-bond acceptors (Lipinski definition) is 6. The molecule has 0 unspecified atom stereocenters. The Bertz CT molecular complexity index is 1470. The Labute approximate surface area is 246 Å². The van der Waals surface area contributed by atoms with E-state index in [1.165, 1.54) is 45.6 Å². The quantitative estimate of drug-likeness (QED) is 0.327. The molecule has 0 bridgehead atoms. The Morgan fingerprint density at radius 2 is 1.69 bits per heavy atom. The summed E-state index contributed by atoms with van der Waals surface area (Å²) in [7, 11) is -3.95. The van der Waals surface area contributed by atoms with Crippen molar-refractivity contribution in [3.8, 4) is 0 Å². The third kappa shape index (κ3) is 7.72. The maximum Gasteiger partial charge on any atom is 0.415 e. The first-order valence-corrected chi connectivity index (χ1v) is 15.2. The van der Waals surface area contributed by atoms with Gasteiger partial charge in [-0.2, -0.15) is 4.31 Å². The summed E-state index contributed by atoms with van der Waals surface area (Å²) >= 11 is 0. The molecule has 0 spiro atoms. The molecule has 0 aromatic heterocycles. The molecule has 0 saturated carbocycles. The maximum atomic E-state index is 13.6. The first kappa shape index (κ1) is 31.1. The van der Waals surface area contributed by atoms with Crippen molar-refractivity contribution < 1.29 is 32.2 Å². The van der Waals surface area contributed by atoms with Crippen LogP contribution in [0.5, 0.6) is 0 Å². The first-order valence-electron chi connectivity index (χ1n) is 13.8. The normalized spacial score (nSPS) is 16.9. The SMILES string of the molecule is Cc1ccc(S(=O)(=O)N(CC(C)C)C[C@@H](O)[C@H](Cc2ccccc2)NC(=O)[C@@H]2CN(c3ccc(F)cc3)C(=O)O2)cc1. The van der Waals surface area contributed by atoms with Crippen LogP contribution in [-0.4, -0.2) is 67.7 Å². The van der Waals surface area contributed by atoms with Crippen molar-refractivity contribution >= 4 is 27.7 Å². The van der Waals surface area contributed by atoms with Crippen LogP contribution in [0.4, 0.5) is 14.9 Å². The Hall–Kier alpha value is -3.80. The number of hydrogen-bond donors (Lipinski definition) is 2. The second-order valence-corrected chi connectivity index (χ2v) is 12.8.